The van der Waals surface area contributed by atoms with Gasteiger partial charge < -0.3 is 9.69 Å². The summed E-state index contributed by atoms with van der Waals surface area (Å²) in [6.07, 6.45) is -11.6. The average molecular weight is 553 g/mol. The Labute approximate surface area is 228 Å². The summed E-state index contributed by atoms with van der Waals surface area (Å²) in [7, 11) is -4.59. The number of hydrogen-bond acceptors (Lipinski definition) is 6. The molecule has 0 atom stereocenters. The Balaban J connectivity index is 1.96. The molecule has 1 N–H and O–H groups in total. The zero-order chi connectivity index (χ0) is 32.7. The average Bonchev–Trinajstić information content (AvgIpc) is 2.93. The number of fused-ring (bicyclic) bond motifs is 6. The number of halogens is 3. The first kappa shape index (κ1) is 20.5. The number of ketones is 1. The third-order valence-corrected chi connectivity index (χ3v) is 6.82. The van der Waals surface area contributed by atoms with Crippen molar-refractivity contribution in [3.05, 3.63) is 65.7 Å². The van der Waals surface area contributed by atoms with E-state index >= 15 is 0 Å². The molecule has 11 heteroatoms. The number of sulfonamides is 1. The highest BCUT2D eigenvalue weighted by Crippen LogP contribution is 2.38. The first-order chi connectivity index (χ1) is 20.3. The van der Waals surface area contributed by atoms with Crippen LogP contribution < -0.4 is 9.62 Å². The Morgan fingerprint density at radius 1 is 1.11 bits per heavy atom. The van der Waals surface area contributed by atoms with Crippen molar-refractivity contribution in [1.82, 2.24) is 9.97 Å². The summed E-state index contributed by atoms with van der Waals surface area (Å²) < 4.78 is 123. The van der Waals surface area contributed by atoms with Crippen molar-refractivity contribution in [2.45, 2.75) is 56.6 Å². The predicted octanol–water partition coefficient (Wildman–Crippen LogP) is 5.87. The second-order valence-corrected chi connectivity index (χ2v) is 10.1. The van der Waals surface area contributed by atoms with Crippen LogP contribution in [0.3, 0.4) is 0 Å². The molecule has 4 bridgehead atoms. The van der Waals surface area contributed by atoms with E-state index in [0.29, 0.717) is 6.07 Å². The van der Waals surface area contributed by atoms with Gasteiger partial charge in [0.15, 0.2) is 5.03 Å². The highest BCUT2D eigenvalue weighted by Gasteiger charge is 2.35. The largest absolute Gasteiger partial charge is 0.418 e. The van der Waals surface area contributed by atoms with E-state index in [1.165, 1.54) is 31.2 Å². The van der Waals surface area contributed by atoms with E-state index in [-0.39, 0.29) is 43.0 Å². The first-order valence-electron chi connectivity index (χ1n) is 14.7. The number of nitrogens with zero attached hydrogens (tertiary/aromatic N) is 3. The third kappa shape index (κ3) is 6.69. The van der Waals surface area contributed by atoms with E-state index in [1.54, 1.807) is 0 Å². The van der Waals surface area contributed by atoms with Crippen LogP contribution in [0.4, 0.5) is 24.8 Å². The van der Waals surface area contributed by atoms with Crippen LogP contribution in [0.5, 0.6) is 0 Å². The Bertz CT molecular complexity index is 1670. The fourth-order valence-electron chi connectivity index (χ4n) is 3.77. The maximum absolute atomic E-state index is 14.1. The molecular weight excluding hydrogens is 517 g/mol. The fourth-order valence-corrected chi connectivity index (χ4v) is 4.73. The van der Waals surface area contributed by atoms with Crippen molar-refractivity contribution in [2.24, 2.45) is 0 Å². The smallest absolute Gasteiger partial charge is 0.357 e. The molecule has 0 amide bonds. The highest BCUT2D eigenvalue weighted by molar-refractivity contribution is 7.92. The van der Waals surface area contributed by atoms with Gasteiger partial charge in [0.1, 0.15) is 17.4 Å². The molecule has 1 aromatic carbocycles. The molecule has 0 spiro atoms. The lowest BCUT2D eigenvalue weighted by atomic mass is 9.96. The summed E-state index contributed by atoms with van der Waals surface area (Å²) in [6.45, 7) is -1.22. The van der Waals surface area contributed by atoms with Gasteiger partial charge in [-0.15, -0.1) is 0 Å². The number of pyridine rings is 2. The summed E-state index contributed by atoms with van der Waals surface area (Å²) in [6, 6.07) is 10.1. The maximum Gasteiger partial charge on any atom is 0.418 e. The third-order valence-electron chi connectivity index (χ3n) is 5.57. The zero-order valence-corrected chi connectivity index (χ0v) is 21.2. The van der Waals surface area contributed by atoms with Crippen LogP contribution in [0.1, 0.15) is 58.3 Å². The molecule has 0 aliphatic carbocycles. The molecule has 3 heterocycles. The van der Waals surface area contributed by atoms with E-state index in [1.807, 2.05) is 0 Å². The van der Waals surface area contributed by atoms with Crippen LogP contribution in [0.15, 0.2) is 59.6 Å². The molecule has 202 valence electrons. The number of carbonyl (C=O) groups excluding carboxylic acids is 1. The van der Waals surface area contributed by atoms with Gasteiger partial charge in [0.2, 0.25) is 0 Å². The number of alkyl halides is 3. The van der Waals surface area contributed by atoms with E-state index < -0.39 is 69.5 Å². The van der Waals surface area contributed by atoms with Crippen LogP contribution in [0, 0.1) is 0 Å². The number of benzene rings is 1. The van der Waals surface area contributed by atoms with Crippen molar-refractivity contribution in [3.63, 3.8) is 0 Å². The van der Waals surface area contributed by atoms with Crippen LogP contribution in [0.25, 0.3) is 11.3 Å². The minimum absolute atomic E-state index is 0.148. The summed E-state index contributed by atoms with van der Waals surface area (Å²) in [5, 5.41) is -0.593. The Kier molecular flexibility index (Phi) is 6.20. The molecular formula is C27H29F3N4O3S. The number of rotatable bonds is 4. The predicted molar refractivity (Wildman–Crippen MR) is 139 cm³/mol. The van der Waals surface area contributed by atoms with Gasteiger partial charge in [0, 0.05) is 33.3 Å². The number of aryl methyl sites for hydroxylation is 1. The summed E-state index contributed by atoms with van der Waals surface area (Å²) in [4.78, 5) is 20.7. The van der Waals surface area contributed by atoms with Crippen LogP contribution in [-0.2, 0) is 27.4 Å². The molecule has 1 aliphatic rings. The second kappa shape index (κ2) is 11.5. The van der Waals surface area contributed by atoms with Crippen molar-refractivity contribution in [2.75, 3.05) is 22.7 Å². The van der Waals surface area contributed by atoms with Crippen molar-refractivity contribution >= 4 is 27.4 Å². The number of carbonyl (C=O) groups is 1. The lowest BCUT2D eigenvalue weighted by molar-refractivity contribution is -0.137. The lowest BCUT2D eigenvalue weighted by Gasteiger charge is -2.24. The van der Waals surface area contributed by atoms with Crippen LogP contribution in [-0.4, -0.2) is 37.2 Å². The van der Waals surface area contributed by atoms with Gasteiger partial charge in [-0.3, -0.25) is 4.72 Å². The van der Waals surface area contributed by atoms with E-state index in [4.69, 9.17) is 8.22 Å². The SMILES string of the molecule is [2H]C([2H])(CCC(C)=O)N1CCCC([2H])([2H])C([2H])([2H])c2ccccc2-c2nc(ccc2C(F)(F)F)NS(=O)(=O)c2cccc1n2. The van der Waals surface area contributed by atoms with E-state index in [9.17, 15) is 26.4 Å². The molecule has 0 fully saturated rings. The van der Waals surface area contributed by atoms with Gasteiger partial charge in [0.25, 0.3) is 10.0 Å². The molecule has 0 saturated carbocycles. The quantitative estimate of drug-likeness (QED) is 0.436. The number of anilines is 2. The molecule has 3 aromatic rings. The number of Topliss-reactive ketones (excluding diaryl/α,β-unsaturated/α-hetero) is 1. The van der Waals surface area contributed by atoms with Crippen molar-refractivity contribution < 1.29 is 34.6 Å². The summed E-state index contributed by atoms with van der Waals surface area (Å²) in [5.41, 5.74) is -2.90. The minimum atomic E-state index is -4.97. The van der Waals surface area contributed by atoms with Gasteiger partial charge in [0.05, 0.1) is 11.3 Å². The van der Waals surface area contributed by atoms with Gasteiger partial charge in [-0.05, 0) is 62.3 Å². The summed E-state index contributed by atoms with van der Waals surface area (Å²) >= 11 is 0. The lowest BCUT2D eigenvalue weighted by Crippen LogP contribution is -2.28. The van der Waals surface area contributed by atoms with Gasteiger partial charge in [-0.25, -0.2) is 9.97 Å². The van der Waals surface area contributed by atoms with E-state index in [0.717, 1.165) is 29.2 Å². The molecule has 0 radical (unpaired) electrons. The maximum atomic E-state index is 14.1. The molecule has 4 rings (SSSR count). The van der Waals surface area contributed by atoms with Gasteiger partial charge in [-0.2, -0.15) is 21.6 Å². The zero-order valence-electron chi connectivity index (χ0n) is 26.3. The molecule has 2 aromatic heterocycles. The molecule has 38 heavy (non-hydrogen) atoms. The standard InChI is InChI=1S/C27H29F3N4O3S/c1-19(35)9-8-18-34-17-6-2-3-10-20-11-4-5-12-21(20)26-22(27(28,29)30)15-16-23(31-26)33-38(36,37)25-14-7-13-24(34)32-25/h4-5,7,11-16H,2-3,6,8-10,17-18H2,1H3,(H,31,33)/i3D2,10D2,18D2. The van der Waals surface area contributed by atoms with Crippen LogP contribution >= 0.6 is 0 Å². The Morgan fingerprint density at radius 3 is 2.66 bits per heavy atom. The minimum Gasteiger partial charge on any atom is -0.357 e. The Morgan fingerprint density at radius 2 is 1.89 bits per heavy atom. The van der Waals surface area contributed by atoms with Gasteiger partial charge >= 0.3 is 6.18 Å². The topological polar surface area (TPSA) is 92.3 Å². The molecule has 0 unspecified atom stereocenters. The number of hydrogen-bond donors (Lipinski definition) is 1. The first-order valence-corrected chi connectivity index (χ1v) is 13.2. The van der Waals surface area contributed by atoms with E-state index in [2.05, 4.69) is 14.7 Å². The normalized spacial score (nSPS) is 21.2. The number of aromatic nitrogens is 2. The van der Waals surface area contributed by atoms with Crippen molar-refractivity contribution in [1.29, 1.82) is 0 Å². The molecule has 1 aliphatic heterocycles. The monoisotopic (exact) mass is 552 g/mol. The van der Waals surface area contributed by atoms with Crippen LogP contribution in [0.2, 0.25) is 0 Å². The highest BCUT2D eigenvalue weighted by atomic mass is 32.2. The molecule has 0 saturated heterocycles. The fraction of sp³-hybridized carbons (Fsp3) is 0.370. The summed E-state index contributed by atoms with van der Waals surface area (Å²) in [5.74, 6) is -0.994. The second-order valence-electron chi connectivity index (χ2n) is 8.49. The van der Waals surface area contributed by atoms with Crippen molar-refractivity contribution in [3.8, 4) is 11.3 Å². The Hall–Kier alpha value is -3.47. The number of nitrogens with one attached hydrogen (secondary N) is 1. The molecule has 7 nitrogen and oxygen atoms in total. The van der Waals surface area contributed by atoms with Gasteiger partial charge in [-0.1, -0.05) is 36.8 Å².